The molecule has 0 aliphatic rings. The number of nitrogens with zero attached hydrogens (tertiary/aromatic N) is 4. The number of pyridine rings is 1. The van der Waals surface area contributed by atoms with Crippen LogP contribution in [0.2, 0.25) is 0 Å². The lowest BCUT2D eigenvalue weighted by Crippen LogP contribution is -2.20. The number of halogens is 1. The van der Waals surface area contributed by atoms with Gasteiger partial charge in [-0.1, -0.05) is 13.8 Å². The number of hydrogen-bond acceptors (Lipinski definition) is 3. The molecule has 0 amide bonds. The summed E-state index contributed by atoms with van der Waals surface area (Å²) in [5.41, 5.74) is 2.18. The lowest BCUT2D eigenvalue weighted by molar-refractivity contribution is 0.746. The van der Waals surface area contributed by atoms with Crippen molar-refractivity contribution < 1.29 is 0 Å². The summed E-state index contributed by atoms with van der Waals surface area (Å²) in [6.07, 6.45) is 3.76. The fraction of sp³-hybridized carbons (Fsp3) is 0.467. The molecule has 0 atom stereocenters. The molecule has 0 spiro atoms. The van der Waals surface area contributed by atoms with Gasteiger partial charge in [-0.2, -0.15) is 0 Å². The Morgan fingerprint density at radius 3 is 2.65 bits per heavy atom. The highest BCUT2D eigenvalue weighted by Gasteiger charge is 2.11. The van der Waals surface area contributed by atoms with Gasteiger partial charge in [0.25, 0.3) is 0 Å². The average Bonchev–Trinajstić information content (AvgIpc) is 2.83. The number of anilines is 1. The van der Waals surface area contributed by atoms with E-state index in [1.165, 1.54) is 0 Å². The second kappa shape index (κ2) is 6.27. The van der Waals surface area contributed by atoms with Gasteiger partial charge in [0, 0.05) is 38.1 Å². The van der Waals surface area contributed by atoms with Crippen LogP contribution in [0.25, 0.3) is 0 Å². The Labute approximate surface area is 125 Å². The summed E-state index contributed by atoms with van der Waals surface area (Å²) >= 11 is 5.99. The standard InChI is InChI=1S/C15H21ClN4/c1-11(2)13-7-12(9-16)8-14(18-13)20(4)10-15-17-5-6-19(15)3/h5-8,11H,9-10H2,1-4H3. The lowest BCUT2D eigenvalue weighted by atomic mass is 10.1. The molecule has 2 rings (SSSR count). The average molecular weight is 293 g/mol. The van der Waals surface area contributed by atoms with E-state index >= 15 is 0 Å². The van der Waals surface area contributed by atoms with Gasteiger partial charge >= 0.3 is 0 Å². The molecule has 0 bridgehead atoms. The lowest BCUT2D eigenvalue weighted by Gasteiger charge is -2.20. The monoisotopic (exact) mass is 292 g/mol. The summed E-state index contributed by atoms with van der Waals surface area (Å²) < 4.78 is 2.02. The van der Waals surface area contributed by atoms with Gasteiger partial charge in [-0.25, -0.2) is 9.97 Å². The van der Waals surface area contributed by atoms with Crippen molar-refractivity contribution in [1.82, 2.24) is 14.5 Å². The Morgan fingerprint density at radius 2 is 2.10 bits per heavy atom. The van der Waals surface area contributed by atoms with E-state index in [0.29, 0.717) is 11.8 Å². The zero-order valence-electron chi connectivity index (χ0n) is 12.5. The van der Waals surface area contributed by atoms with Gasteiger partial charge < -0.3 is 9.47 Å². The molecule has 0 aromatic carbocycles. The molecule has 0 aliphatic carbocycles. The molecule has 0 unspecified atom stereocenters. The first-order valence-corrected chi connectivity index (χ1v) is 7.29. The Balaban J connectivity index is 2.26. The van der Waals surface area contributed by atoms with Crippen molar-refractivity contribution in [3.05, 3.63) is 41.6 Å². The quantitative estimate of drug-likeness (QED) is 0.793. The van der Waals surface area contributed by atoms with Gasteiger partial charge in [-0.3, -0.25) is 0 Å². The van der Waals surface area contributed by atoms with Gasteiger partial charge in [0.05, 0.1) is 6.54 Å². The summed E-state index contributed by atoms with van der Waals surface area (Å²) in [7, 11) is 4.03. The Morgan fingerprint density at radius 1 is 1.35 bits per heavy atom. The van der Waals surface area contributed by atoms with Crippen molar-refractivity contribution in [2.75, 3.05) is 11.9 Å². The zero-order valence-corrected chi connectivity index (χ0v) is 13.2. The van der Waals surface area contributed by atoms with Crippen LogP contribution >= 0.6 is 11.6 Å². The summed E-state index contributed by atoms with van der Waals surface area (Å²) in [6.45, 7) is 5.01. The van der Waals surface area contributed by atoms with E-state index in [1.807, 2.05) is 37.1 Å². The minimum Gasteiger partial charge on any atom is -0.352 e. The molecule has 0 saturated heterocycles. The van der Waals surface area contributed by atoms with Crippen molar-refractivity contribution in [1.29, 1.82) is 0 Å². The summed E-state index contributed by atoms with van der Waals surface area (Å²) in [6, 6.07) is 4.12. The number of hydrogen-bond donors (Lipinski definition) is 0. The van der Waals surface area contributed by atoms with E-state index < -0.39 is 0 Å². The van der Waals surface area contributed by atoms with Crippen LogP contribution in [0.1, 0.15) is 36.8 Å². The van der Waals surface area contributed by atoms with E-state index in [1.54, 1.807) is 0 Å². The Kier molecular flexibility index (Phi) is 4.65. The minimum atomic E-state index is 0.387. The van der Waals surface area contributed by atoms with Crippen LogP contribution < -0.4 is 4.90 Å². The zero-order chi connectivity index (χ0) is 14.7. The third-order valence-electron chi connectivity index (χ3n) is 3.33. The highest BCUT2D eigenvalue weighted by Crippen LogP contribution is 2.21. The highest BCUT2D eigenvalue weighted by molar-refractivity contribution is 6.17. The van der Waals surface area contributed by atoms with Crippen LogP contribution in [0.4, 0.5) is 5.82 Å². The van der Waals surface area contributed by atoms with Gasteiger partial charge in [-0.15, -0.1) is 11.6 Å². The molecule has 0 saturated carbocycles. The third-order valence-corrected chi connectivity index (χ3v) is 3.64. The maximum Gasteiger partial charge on any atom is 0.129 e. The fourth-order valence-electron chi connectivity index (χ4n) is 2.00. The number of aryl methyl sites for hydroxylation is 1. The molecule has 0 N–H and O–H groups in total. The summed E-state index contributed by atoms with van der Waals surface area (Å²) in [5, 5.41) is 0. The Hall–Kier alpha value is -1.55. The number of aromatic nitrogens is 3. The van der Waals surface area contributed by atoms with Crippen molar-refractivity contribution in [3.63, 3.8) is 0 Å². The molecular weight excluding hydrogens is 272 g/mol. The second-order valence-corrected chi connectivity index (χ2v) is 5.62. The fourth-order valence-corrected chi connectivity index (χ4v) is 2.16. The van der Waals surface area contributed by atoms with Crippen molar-refractivity contribution in [2.45, 2.75) is 32.2 Å². The number of imidazole rings is 1. The predicted molar refractivity (Wildman–Crippen MR) is 83.2 cm³/mol. The first-order valence-electron chi connectivity index (χ1n) is 6.75. The first kappa shape index (κ1) is 14.9. The second-order valence-electron chi connectivity index (χ2n) is 5.36. The van der Waals surface area contributed by atoms with Gasteiger partial charge in [0.2, 0.25) is 0 Å². The van der Waals surface area contributed by atoms with Gasteiger partial charge in [-0.05, 0) is 23.6 Å². The maximum absolute atomic E-state index is 5.99. The molecule has 4 nitrogen and oxygen atoms in total. The van der Waals surface area contributed by atoms with E-state index in [4.69, 9.17) is 16.6 Å². The molecule has 2 aromatic heterocycles. The molecule has 0 aliphatic heterocycles. The largest absolute Gasteiger partial charge is 0.352 e. The highest BCUT2D eigenvalue weighted by atomic mass is 35.5. The van der Waals surface area contributed by atoms with Crippen molar-refractivity contribution in [3.8, 4) is 0 Å². The molecule has 2 heterocycles. The molecule has 0 fully saturated rings. The van der Waals surface area contributed by atoms with Crippen LogP contribution in [0.3, 0.4) is 0 Å². The normalized spacial score (nSPS) is 11.1. The number of rotatable bonds is 5. The summed E-state index contributed by atoms with van der Waals surface area (Å²) in [4.78, 5) is 11.2. The molecule has 5 heteroatoms. The van der Waals surface area contributed by atoms with Crippen LogP contribution in [-0.4, -0.2) is 21.6 Å². The van der Waals surface area contributed by atoms with E-state index in [-0.39, 0.29) is 0 Å². The topological polar surface area (TPSA) is 34.0 Å². The molecule has 20 heavy (non-hydrogen) atoms. The van der Waals surface area contributed by atoms with E-state index in [2.05, 4.69) is 29.8 Å². The van der Waals surface area contributed by atoms with Crippen LogP contribution in [0, 0.1) is 0 Å². The van der Waals surface area contributed by atoms with E-state index in [9.17, 15) is 0 Å². The van der Waals surface area contributed by atoms with E-state index in [0.717, 1.165) is 29.4 Å². The minimum absolute atomic E-state index is 0.387. The smallest absolute Gasteiger partial charge is 0.129 e. The summed E-state index contributed by atoms with van der Waals surface area (Å²) in [5.74, 6) is 2.84. The molecule has 0 radical (unpaired) electrons. The van der Waals surface area contributed by atoms with Crippen LogP contribution in [0.5, 0.6) is 0 Å². The third kappa shape index (κ3) is 3.31. The molecule has 108 valence electrons. The van der Waals surface area contributed by atoms with Crippen molar-refractivity contribution >= 4 is 17.4 Å². The van der Waals surface area contributed by atoms with Gasteiger partial charge in [0.1, 0.15) is 11.6 Å². The molecular formula is C15H21ClN4. The molecule has 2 aromatic rings. The SMILES string of the molecule is CC(C)c1cc(CCl)cc(N(C)Cc2nccn2C)n1. The Bertz CT molecular complexity index is 577. The van der Waals surface area contributed by atoms with Crippen molar-refractivity contribution in [2.24, 2.45) is 7.05 Å². The first-order chi connectivity index (χ1) is 9.51. The number of alkyl halides is 1. The predicted octanol–water partition coefficient (Wildman–Crippen LogP) is 3.31. The van der Waals surface area contributed by atoms with Crippen LogP contribution in [0.15, 0.2) is 24.5 Å². The van der Waals surface area contributed by atoms with Gasteiger partial charge in [0.15, 0.2) is 0 Å². The maximum atomic E-state index is 5.99. The van der Waals surface area contributed by atoms with Crippen LogP contribution in [-0.2, 0) is 19.5 Å².